The van der Waals surface area contributed by atoms with Gasteiger partial charge in [-0.1, -0.05) is 27.7 Å². The molecule has 11 nitrogen and oxygen atoms in total. The molecule has 43 heavy (non-hydrogen) atoms. The van der Waals surface area contributed by atoms with Crippen molar-refractivity contribution in [2.45, 2.75) is 139 Å². The van der Waals surface area contributed by atoms with Crippen molar-refractivity contribution in [3.8, 4) is 0 Å². The number of aliphatic hydroxyl groups is 7. The first kappa shape index (κ1) is 31.2. The molecule has 7 fully saturated rings. The van der Waals surface area contributed by atoms with E-state index in [1.807, 2.05) is 0 Å². The molecule has 0 amide bonds. The molecule has 7 rings (SSSR count). The summed E-state index contributed by atoms with van der Waals surface area (Å²) in [7, 11) is 0. The maximum Gasteiger partial charge on any atom is 0.186 e. The van der Waals surface area contributed by atoms with E-state index in [4.69, 9.17) is 18.9 Å². The van der Waals surface area contributed by atoms with Gasteiger partial charge in [0, 0.05) is 17.8 Å². The highest BCUT2D eigenvalue weighted by molar-refractivity contribution is 5.23. The molecule has 246 valence electrons. The molecule has 1 spiro atoms. The lowest BCUT2D eigenvalue weighted by Gasteiger charge is -2.67. The lowest BCUT2D eigenvalue weighted by molar-refractivity contribution is -0.369. The van der Waals surface area contributed by atoms with Crippen LogP contribution in [0.5, 0.6) is 0 Å². The summed E-state index contributed by atoms with van der Waals surface area (Å²) in [6.07, 6.45) is -6.48. The van der Waals surface area contributed by atoms with Gasteiger partial charge >= 0.3 is 0 Å². The van der Waals surface area contributed by atoms with Gasteiger partial charge in [-0.25, -0.2) is 0 Å². The van der Waals surface area contributed by atoms with E-state index in [-0.39, 0.29) is 42.3 Å². The number of aliphatic hydroxyl groups excluding tert-OH is 6. The van der Waals surface area contributed by atoms with E-state index in [1.54, 1.807) is 6.92 Å². The molecule has 0 bridgehead atoms. The molecule has 3 aliphatic heterocycles. The van der Waals surface area contributed by atoms with Crippen LogP contribution in [0.2, 0.25) is 0 Å². The van der Waals surface area contributed by atoms with Crippen LogP contribution in [0.1, 0.15) is 72.6 Å². The monoisotopic (exact) mass is 612 g/mol. The molecular formula is C32H52O11. The van der Waals surface area contributed by atoms with Crippen molar-refractivity contribution in [1.82, 2.24) is 0 Å². The maximum atomic E-state index is 12.5. The van der Waals surface area contributed by atoms with Gasteiger partial charge in [0.2, 0.25) is 0 Å². The van der Waals surface area contributed by atoms with Crippen LogP contribution in [0.4, 0.5) is 0 Å². The Bertz CT molecular complexity index is 1070. The zero-order valence-electron chi connectivity index (χ0n) is 25.8. The van der Waals surface area contributed by atoms with Crippen LogP contribution >= 0.6 is 0 Å². The lowest BCUT2D eigenvalue weighted by atomic mass is 9.41. The molecule has 0 radical (unpaired) electrons. The first-order chi connectivity index (χ1) is 20.2. The molecule has 3 heterocycles. The fourth-order valence-electron chi connectivity index (χ4n) is 11.6. The minimum absolute atomic E-state index is 0.0116. The predicted octanol–water partition coefficient (Wildman–Crippen LogP) is 0.284. The Morgan fingerprint density at radius 1 is 0.791 bits per heavy atom. The first-order valence-corrected chi connectivity index (χ1v) is 16.6. The molecular weight excluding hydrogens is 560 g/mol. The quantitative estimate of drug-likeness (QED) is 0.228. The molecule has 4 saturated carbocycles. The van der Waals surface area contributed by atoms with E-state index in [0.717, 1.165) is 38.7 Å². The highest BCUT2D eigenvalue weighted by Crippen LogP contribution is 2.72. The smallest absolute Gasteiger partial charge is 0.186 e. The van der Waals surface area contributed by atoms with Crippen LogP contribution in [0.3, 0.4) is 0 Å². The van der Waals surface area contributed by atoms with Crippen molar-refractivity contribution >= 4 is 0 Å². The van der Waals surface area contributed by atoms with Gasteiger partial charge in [0.05, 0.1) is 25.4 Å². The summed E-state index contributed by atoms with van der Waals surface area (Å²) in [5.41, 5.74) is -2.97. The van der Waals surface area contributed by atoms with Gasteiger partial charge in [-0.15, -0.1) is 0 Å². The highest BCUT2D eigenvalue weighted by atomic mass is 16.7. The van der Waals surface area contributed by atoms with Gasteiger partial charge in [0.15, 0.2) is 12.1 Å². The van der Waals surface area contributed by atoms with Crippen molar-refractivity contribution < 1.29 is 54.7 Å². The fourth-order valence-corrected chi connectivity index (χ4v) is 11.6. The Kier molecular flexibility index (Phi) is 7.45. The van der Waals surface area contributed by atoms with Gasteiger partial charge in [-0.2, -0.15) is 0 Å². The zero-order chi connectivity index (χ0) is 30.9. The number of ether oxygens (including phenoxy) is 4. The molecule has 11 heteroatoms. The second-order valence-corrected chi connectivity index (χ2v) is 15.9. The van der Waals surface area contributed by atoms with Gasteiger partial charge < -0.3 is 54.7 Å². The SMILES string of the molecule is CC1C2C(CC3C4CC[C@]5(O)[C@@H](O[C@@H]6OC[C@@H](O)[C@H](O)[C@@H]6O)[C@@H](O)[C@@H](O)[C@@H](O)[C@]5(C)C4CC[C@@]32C)O[C@@]12CC[C@@H](C)CO2. The average Bonchev–Trinajstić information content (AvgIpc) is 3.42. The molecule has 4 aliphatic carbocycles. The summed E-state index contributed by atoms with van der Waals surface area (Å²) < 4.78 is 24.8. The molecule has 7 aliphatic rings. The van der Waals surface area contributed by atoms with E-state index >= 15 is 0 Å². The summed E-state index contributed by atoms with van der Waals surface area (Å²) in [6.45, 7) is 9.15. The summed E-state index contributed by atoms with van der Waals surface area (Å²) in [6, 6.07) is 0. The molecule has 0 aromatic rings. The molecule has 6 unspecified atom stereocenters. The molecule has 0 aromatic carbocycles. The Hall–Kier alpha value is -0.440. The van der Waals surface area contributed by atoms with Crippen molar-refractivity contribution in [2.75, 3.05) is 13.2 Å². The second-order valence-electron chi connectivity index (χ2n) is 15.9. The summed E-state index contributed by atoms with van der Waals surface area (Å²) in [5, 5.41) is 77.1. The fraction of sp³-hybridized carbons (Fsp3) is 1.00. The number of hydrogen-bond donors (Lipinski definition) is 7. The standard InChI is InChI=1S/C32H52O11/c1-14-5-10-32(41-12-14)15(2)21-20(43-32)11-18-16-6-9-31(39)27(42-28-25(37)22(34)19(33)13-40-28)24(36)23(35)26(38)30(31,4)17(16)7-8-29(18,21)3/h14-28,33-39H,5-13H2,1-4H3/t14-,15?,16?,17?,18?,19-,20?,21?,22+,23-,24+,25+,26-,27+,28+,29+,30+,31+,32+/m1/s1. The third-order valence-electron chi connectivity index (χ3n) is 14.1. The topological polar surface area (TPSA) is 179 Å². The van der Waals surface area contributed by atoms with E-state index in [0.29, 0.717) is 24.2 Å². The lowest BCUT2D eigenvalue weighted by Crippen LogP contribution is -2.78. The van der Waals surface area contributed by atoms with E-state index < -0.39 is 65.8 Å². The largest absolute Gasteiger partial charge is 0.390 e. The summed E-state index contributed by atoms with van der Waals surface area (Å²) in [5.74, 6) is 0.958. The van der Waals surface area contributed by atoms with Gasteiger partial charge in [0.25, 0.3) is 0 Å². The maximum absolute atomic E-state index is 12.5. The van der Waals surface area contributed by atoms with Crippen LogP contribution in [-0.2, 0) is 18.9 Å². The minimum atomic E-state index is -1.75. The van der Waals surface area contributed by atoms with E-state index in [2.05, 4.69) is 20.8 Å². The van der Waals surface area contributed by atoms with Crippen LogP contribution < -0.4 is 0 Å². The van der Waals surface area contributed by atoms with E-state index in [9.17, 15) is 35.7 Å². The van der Waals surface area contributed by atoms with Crippen LogP contribution in [-0.4, -0.2) is 115 Å². The van der Waals surface area contributed by atoms with Crippen molar-refractivity contribution in [2.24, 2.45) is 46.3 Å². The van der Waals surface area contributed by atoms with E-state index in [1.165, 1.54) is 0 Å². The second kappa shape index (κ2) is 10.3. The Morgan fingerprint density at radius 2 is 1.53 bits per heavy atom. The van der Waals surface area contributed by atoms with Crippen LogP contribution in [0.25, 0.3) is 0 Å². The predicted molar refractivity (Wildman–Crippen MR) is 150 cm³/mol. The molecule has 0 aromatic heterocycles. The molecule has 3 saturated heterocycles. The van der Waals surface area contributed by atoms with Crippen molar-refractivity contribution in [3.63, 3.8) is 0 Å². The minimum Gasteiger partial charge on any atom is -0.390 e. The van der Waals surface area contributed by atoms with Crippen LogP contribution in [0.15, 0.2) is 0 Å². The van der Waals surface area contributed by atoms with Gasteiger partial charge in [0.1, 0.15) is 42.2 Å². The van der Waals surface area contributed by atoms with Crippen LogP contribution in [0, 0.1) is 46.3 Å². The summed E-state index contributed by atoms with van der Waals surface area (Å²) >= 11 is 0. The molecule has 19 atom stereocenters. The third kappa shape index (κ3) is 4.06. The number of rotatable bonds is 2. The molecule has 7 N–H and O–H groups in total. The Morgan fingerprint density at radius 3 is 2.23 bits per heavy atom. The van der Waals surface area contributed by atoms with Crippen molar-refractivity contribution in [3.05, 3.63) is 0 Å². The Balaban J connectivity index is 1.16. The number of hydrogen-bond acceptors (Lipinski definition) is 11. The Labute approximate surface area is 253 Å². The third-order valence-corrected chi connectivity index (χ3v) is 14.1. The normalized spacial score (nSPS) is 63.3. The highest BCUT2D eigenvalue weighted by Gasteiger charge is 2.75. The first-order valence-electron chi connectivity index (χ1n) is 16.6. The van der Waals surface area contributed by atoms with Gasteiger partial charge in [-0.05, 0) is 73.5 Å². The summed E-state index contributed by atoms with van der Waals surface area (Å²) in [4.78, 5) is 0. The van der Waals surface area contributed by atoms with Crippen molar-refractivity contribution in [1.29, 1.82) is 0 Å². The average molecular weight is 613 g/mol. The number of fused-ring (bicyclic) bond motifs is 7. The zero-order valence-corrected chi connectivity index (χ0v) is 25.8. The van der Waals surface area contributed by atoms with Gasteiger partial charge in [-0.3, -0.25) is 0 Å².